The monoisotopic (exact) mass is 744 g/mol. The molecule has 2 heterocycles. The van der Waals surface area contributed by atoms with Gasteiger partial charge in [0.1, 0.15) is 11.3 Å². The third-order valence-corrected chi connectivity index (χ3v) is 8.43. The van der Waals surface area contributed by atoms with Crippen molar-refractivity contribution in [1.29, 1.82) is 0 Å². The topological polar surface area (TPSA) is 62.3 Å². The molecule has 0 bridgehead atoms. The zero-order valence-corrected chi connectivity index (χ0v) is 26.0. The van der Waals surface area contributed by atoms with Crippen LogP contribution in [-0.4, -0.2) is 22.0 Å². The predicted octanol–water partition coefficient (Wildman–Crippen LogP) is 8.43. The van der Waals surface area contributed by atoms with E-state index in [2.05, 4.69) is 58.9 Å². The summed E-state index contributed by atoms with van der Waals surface area (Å²) in [6, 6.07) is 34.7. The molecule has 2 atom stereocenters. The van der Waals surface area contributed by atoms with Crippen LogP contribution >= 0.6 is 0 Å². The van der Waals surface area contributed by atoms with Gasteiger partial charge in [-0.25, -0.2) is 9.83 Å². The predicted molar refractivity (Wildman–Crippen MR) is 166 cm³/mol. The molecular formula is C36H29N4O2Pt-. The van der Waals surface area contributed by atoms with Gasteiger partial charge in [-0.1, -0.05) is 68.4 Å². The molecule has 0 unspecified atom stereocenters. The average molecular weight is 745 g/mol. The molecule has 7 heteroatoms. The molecule has 1 aromatic heterocycles. The van der Waals surface area contributed by atoms with E-state index in [0.29, 0.717) is 22.8 Å². The quantitative estimate of drug-likeness (QED) is 0.188. The van der Waals surface area contributed by atoms with Crippen molar-refractivity contribution < 1.29 is 30.9 Å². The van der Waals surface area contributed by atoms with Crippen molar-refractivity contribution in [2.24, 2.45) is 10.4 Å². The van der Waals surface area contributed by atoms with Gasteiger partial charge in [0.25, 0.3) is 0 Å². The summed E-state index contributed by atoms with van der Waals surface area (Å²) in [5.74, 6) is 1.81. The van der Waals surface area contributed by atoms with Gasteiger partial charge < -0.3 is 19.7 Å². The molecule has 1 N–H and O–H groups in total. The molecule has 2 aliphatic rings. The summed E-state index contributed by atoms with van der Waals surface area (Å²) in [7, 11) is 0. The Balaban J connectivity index is 0.00000329. The van der Waals surface area contributed by atoms with E-state index >= 15 is 0 Å². The van der Waals surface area contributed by atoms with Gasteiger partial charge in [-0.3, -0.25) is 0 Å². The van der Waals surface area contributed by atoms with Gasteiger partial charge in [0.2, 0.25) is 5.88 Å². The van der Waals surface area contributed by atoms with E-state index in [1.54, 1.807) is 18.2 Å². The number of hydrogen-bond donors (Lipinski definition) is 1. The van der Waals surface area contributed by atoms with Crippen molar-refractivity contribution in [3.63, 3.8) is 0 Å². The van der Waals surface area contributed by atoms with E-state index in [0.717, 1.165) is 35.3 Å². The molecule has 1 aliphatic heterocycles. The van der Waals surface area contributed by atoms with E-state index in [9.17, 15) is 5.11 Å². The molecule has 0 radical (unpaired) electrons. The van der Waals surface area contributed by atoms with E-state index in [-0.39, 0.29) is 44.3 Å². The zero-order valence-electron chi connectivity index (χ0n) is 23.8. The molecule has 0 spiro atoms. The summed E-state index contributed by atoms with van der Waals surface area (Å²) in [5, 5.41) is 11.1. The molecule has 216 valence electrons. The van der Waals surface area contributed by atoms with Crippen molar-refractivity contribution in [3.05, 3.63) is 131 Å². The first-order valence-corrected chi connectivity index (χ1v) is 14.1. The third-order valence-electron chi connectivity index (χ3n) is 8.43. The summed E-state index contributed by atoms with van der Waals surface area (Å²) >= 11 is 0. The van der Waals surface area contributed by atoms with Crippen molar-refractivity contribution in [1.82, 2.24) is 4.98 Å². The van der Waals surface area contributed by atoms with Crippen molar-refractivity contribution in [2.75, 3.05) is 4.90 Å². The third kappa shape index (κ3) is 5.19. The number of aromatic hydroxyl groups is 1. The van der Waals surface area contributed by atoms with Crippen LogP contribution in [0.4, 0.5) is 11.4 Å². The molecule has 4 aromatic carbocycles. The summed E-state index contributed by atoms with van der Waals surface area (Å²) in [5.41, 5.74) is 5.45. The Labute approximate surface area is 265 Å². The molecule has 43 heavy (non-hydrogen) atoms. The smallest absolute Gasteiger partial charge is 0.217 e. The van der Waals surface area contributed by atoms with Gasteiger partial charge in [-0.05, 0) is 53.6 Å². The Hall–Kier alpha value is -4.46. The Kier molecular flexibility index (Phi) is 7.54. The fraction of sp³-hybridized carbons (Fsp3) is 0.194. The van der Waals surface area contributed by atoms with E-state index in [4.69, 9.17) is 16.3 Å². The molecule has 7 rings (SSSR count). The number of amidine groups is 1. The molecular weight excluding hydrogens is 716 g/mol. The van der Waals surface area contributed by atoms with Crippen LogP contribution in [0.25, 0.3) is 15.7 Å². The molecule has 0 fully saturated rings. The Morgan fingerprint density at radius 2 is 1.74 bits per heavy atom. The number of aromatic nitrogens is 1. The minimum absolute atomic E-state index is 0. The number of aryl methyl sites for hydroxylation is 1. The second-order valence-corrected chi connectivity index (χ2v) is 11.6. The molecule has 0 saturated carbocycles. The van der Waals surface area contributed by atoms with Crippen LogP contribution in [0.3, 0.4) is 0 Å². The Morgan fingerprint density at radius 3 is 2.56 bits per heavy atom. The fourth-order valence-electron chi connectivity index (χ4n) is 6.30. The Morgan fingerprint density at radius 1 is 0.953 bits per heavy atom. The number of pyridine rings is 1. The maximum atomic E-state index is 10.3. The van der Waals surface area contributed by atoms with Gasteiger partial charge in [0, 0.05) is 44.0 Å². The molecule has 0 amide bonds. The number of benzene rings is 4. The number of ether oxygens (including phenoxy) is 1. The average Bonchev–Trinajstić information content (AvgIpc) is 3.38. The fourth-order valence-corrected chi connectivity index (χ4v) is 6.30. The summed E-state index contributed by atoms with van der Waals surface area (Å²) in [6.45, 7) is 12.1. The van der Waals surface area contributed by atoms with Crippen LogP contribution in [0.2, 0.25) is 0 Å². The molecule has 5 aromatic rings. The number of phenols is 1. The minimum Gasteiger partial charge on any atom is -0.506 e. The first-order chi connectivity index (χ1) is 20.4. The van der Waals surface area contributed by atoms with Crippen LogP contribution < -0.4 is 9.64 Å². The molecule has 1 aliphatic carbocycles. The molecule has 6 nitrogen and oxygen atoms in total. The van der Waals surface area contributed by atoms with Crippen LogP contribution in [-0.2, 0) is 27.5 Å². The first kappa shape index (κ1) is 28.6. The van der Waals surface area contributed by atoms with Crippen molar-refractivity contribution >= 4 is 28.1 Å². The normalized spacial score (nSPS) is 18.4. The van der Waals surface area contributed by atoms with Gasteiger partial charge in [0.05, 0.1) is 24.5 Å². The van der Waals surface area contributed by atoms with Gasteiger partial charge in [0.15, 0.2) is 5.69 Å². The maximum absolute atomic E-state index is 10.3. The molecule has 0 saturated heterocycles. The number of hydrogen-bond acceptors (Lipinski definition) is 5. The van der Waals surface area contributed by atoms with Gasteiger partial charge in [-0.2, -0.15) is 0 Å². The number of phenolic OH excluding ortho intramolecular Hbond substituents is 1. The summed E-state index contributed by atoms with van der Waals surface area (Å²) < 4.78 is 6.16. The number of fused-ring (bicyclic) bond motifs is 4. The van der Waals surface area contributed by atoms with E-state index < -0.39 is 0 Å². The summed E-state index contributed by atoms with van der Waals surface area (Å²) in [4.78, 5) is 15.9. The number of anilines is 1. The summed E-state index contributed by atoms with van der Waals surface area (Å²) in [6.07, 6.45) is 2.03. The van der Waals surface area contributed by atoms with Gasteiger partial charge >= 0.3 is 0 Å². The number of rotatable bonds is 4. The van der Waals surface area contributed by atoms with Gasteiger partial charge in [-0.15, -0.1) is 23.8 Å². The second-order valence-electron chi connectivity index (χ2n) is 11.6. The number of aliphatic imine (C=N–C) groups is 1. The van der Waals surface area contributed by atoms with Crippen molar-refractivity contribution in [3.8, 4) is 17.4 Å². The van der Waals surface area contributed by atoms with E-state index in [1.165, 1.54) is 11.1 Å². The Bertz CT molecular complexity index is 1890. The van der Waals surface area contributed by atoms with Crippen molar-refractivity contribution in [2.45, 2.75) is 38.8 Å². The van der Waals surface area contributed by atoms with E-state index in [1.807, 2.05) is 54.6 Å². The van der Waals surface area contributed by atoms with Crippen LogP contribution in [0.1, 0.15) is 43.0 Å². The second kappa shape index (κ2) is 11.3. The maximum Gasteiger partial charge on any atom is 0.217 e. The van der Waals surface area contributed by atoms with Crippen LogP contribution in [0.5, 0.6) is 17.4 Å². The first-order valence-electron chi connectivity index (χ1n) is 14.1. The largest absolute Gasteiger partial charge is 0.506 e. The SMILES string of the molecule is [C-]#[N+]c1ccc(N2C(c3[c-]c(Oc4ccc5cccc(O)c5n4)ccc3)=N[C@H]3c4ccccc4CCC(C)(C)[C@@H]32)cc1.[Pt]. The number of nitrogens with zero attached hydrogens (tertiary/aromatic N) is 4. The number of para-hydroxylation sites is 1. The zero-order chi connectivity index (χ0) is 28.8. The van der Waals surface area contributed by atoms with Crippen LogP contribution in [0, 0.1) is 18.1 Å². The van der Waals surface area contributed by atoms with Crippen LogP contribution in [0.15, 0.2) is 102 Å². The standard InChI is InChI=1S/C36H29N4O2.Pt/c1-36(2)21-20-23-8-4-5-12-29(23)33-34(36)40(27-17-15-26(37-3)16-18-27)35(39-33)25-10-6-11-28(22-25)42-31-19-14-24-9-7-13-30(41)32(24)38-31;/h4-19,33-34,41H,20-21H2,1-2H3;/q-1;/t33-,34+;/m0./s1. The minimum atomic E-state index is -0.0580.